The predicted octanol–water partition coefficient (Wildman–Crippen LogP) is 8.33. The maximum Gasteiger partial charge on any atom is 0.160 e. The van der Waals surface area contributed by atoms with Crippen molar-refractivity contribution in [2.45, 2.75) is 19.3 Å². The van der Waals surface area contributed by atoms with Crippen molar-refractivity contribution in [2.75, 3.05) is 0 Å². The molecule has 37 heavy (non-hydrogen) atoms. The lowest BCUT2D eigenvalue weighted by Crippen LogP contribution is -2.18. The van der Waals surface area contributed by atoms with Crippen LogP contribution in [0.25, 0.3) is 55.9 Å². The summed E-state index contributed by atoms with van der Waals surface area (Å²) in [5.74, 6) is 0.735. The van der Waals surface area contributed by atoms with E-state index in [4.69, 9.17) is 15.0 Å². The Morgan fingerprint density at radius 2 is 1.22 bits per heavy atom. The fourth-order valence-electron chi connectivity index (χ4n) is 5.57. The number of hydrogen-bond donors (Lipinski definition) is 0. The second kappa shape index (κ2) is 8.21. The van der Waals surface area contributed by atoms with Crippen LogP contribution in [-0.2, 0) is 5.41 Å². The minimum absolute atomic E-state index is 0.284. The summed E-state index contributed by atoms with van der Waals surface area (Å²) in [6, 6.07) is 37.9. The van der Waals surface area contributed by atoms with E-state index in [9.17, 15) is 0 Å². The monoisotopic (exact) mass is 475 g/mol. The van der Waals surface area contributed by atoms with Crippen LogP contribution in [-0.4, -0.2) is 15.0 Å². The van der Waals surface area contributed by atoms with Gasteiger partial charge in [0, 0.05) is 39.4 Å². The van der Waals surface area contributed by atoms with E-state index < -0.39 is 0 Å². The summed E-state index contributed by atoms with van der Waals surface area (Å²) in [5.41, 5.74) is 9.35. The molecule has 0 bridgehead atoms. The van der Waals surface area contributed by atoms with E-state index in [1.54, 1.807) is 0 Å². The maximum absolute atomic E-state index is 5.22. The highest BCUT2D eigenvalue weighted by atomic mass is 14.9. The lowest BCUT2D eigenvalue weighted by atomic mass is 9.80. The minimum Gasteiger partial charge on any atom is -0.256 e. The third-order valence-corrected chi connectivity index (χ3v) is 7.49. The average molecular weight is 476 g/mol. The highest BCUT2D eigenvalue weighted by Gasteiger charge is 2.40. The maximum atomic E-state index is 5.22. The van der Waals surface area contributed by atoms with Crippen LogP contribution in [0.4, 0.5) is 0 Å². The molecule has 0 spiro atoms. The van der Waals surface area contributed by atoms with E-state index in [0.29, 0.717) is 0 Å². The van der Waals surface area contributed by atoms with Crippen molar-refractivity contribution in [1.29, 1.82) is 0 Å². The standard InChI is InChI=1S/C34H25N3/c1-34(2)28-20-29(23-12-5-3-6-13-23)35-21-27(28)32-30(34)31(36-33(37-32)24-14-7-4-8-15-24)26-18-17-22-11-9-10-16-25(22)19-26/h3-21H,1-2H3. The van der Waals surface area contributed by atoms with Gasteiger partial charge in [0.25, 0.3) is 0 Å². The molecule has 0 unspecified atom stereocenters. The number of fused-ring (bicyclic) bond motifs is 4. The van der Waals surface area contributed by atoms with Crippen molar-refractivity contribution in [3.05, 3.63) is 127 Å². The van der Waals surface area contributed by atoms with E-state index in [1.165, 1.54) is 16.3 Å². The Kier molecular flexibility index (Phi) is 4.80. The molecule has 4 aromatic carbocycles. The molecule has 2 heterocycles. The second-order valence-electron chi connectivity index (χ2n) is 10.2. The van der Waals surface area contributed by atoms with E-state index in [0.717, 1.165) is 50.7 Å². The Hall–Kier alpha value is -4.63. The molecule has 0 amide bonds. The molecule has 2 aromatic heterocycles. The number of pyridine rings is 1. The molecule has 1 aliphatic rings. The van der Waals surface area contributed by atoms with Crippen LogP contribution in [0, 0.1) is 0 Å². The summed E-state index contributed by atoms with van der Waals surface area (Å²) in [4.78, 5) is 15.3. The van der Waals surface area contributed by atoms with Gasteiger partial charge in [-0.1, -0.05) is 111 Å². The zero-order chi connectivity index (χ0) is 25.0. The summed E-state index contributed by atoms with van der Waals surface area (Å²) in [6.45, 7) is 4.56. The van der Waals surface area contributed by atoms with Crippen LogP contribution < -0.4 is 0 Å². The van der Waals surface area contributed by atoms with E-state index in [-0.39, 0.29) is 5.41 Å². The molecular weight excluding hydrogens is 450 g/mol. The van der Waals surface area contributed by atoms with Crippen molar-refractivity contribution in [2.24, 2.45) is 0 Å². The molecule has 1 aliphatic carbocycles. The van der Waals surface area contributed by atoms with Gasteiger partial charge in [0.05, 0.1) is 17.1 Å². The quantitative estimate of drug-likeness (QED) is 0.258. The average Bonchev–Trinajstić information content (AvgIpc) is 3.19. The van der Waals surface area contributed by atoms with E-state index in [1.807, 2.05) is 30.5 Å². The lowest BCUT2D eigenvalue weighted by Gasteiger charge is -2.24. The van der Waals surface area contributed by atoms with Crippen molar-refractivity contribution >= 4 is 10.8 Å². The normalized spacial score (nSPS) is 13.4. The van der Waals surface area contributed by atoms with E-state index in [2.05, 4.69) is 98.8 Å². The SMILES string of the molecule is CC1(C)c2cc(-c3ccccc3)ncc2-c2nc(-c3ccccc3)nc(-c3ccc4ccccc4c3)c21. The van der Waals surface area contributed by atoms with Gasteiger partial charge in [-0.05, 0) is 28.5 Å². The number of hydrogen-bond acceptors (Lipinski definition) is 3. The van der Waals surface area contributed by atoms with E-state index >= 15 is 0 Å². The Labute approximate surface area is 216 Å². The van der Waals surface area contributed by atoms with Crippen LogP contribution in [0.15, 0.2) is 115 Å². The number of rotatable bonds is 3. The summed E-state index contributed by atoms with van der Waals surface area (Å²) in [6.07, 6.45) is 2.00. The van der Waals surface area contributed by atoms with Crippen LogP contribution in [0.5, 0.6) is 0 Å². The van der Waals surface area contributed by atoms with Gasteiger partial charge in [-0.25, -0.2) is 9.97 Å². The van der Waals surface area contributed by atoms with Crippen LogP contribution >= 0.6 is 0 Å². The van der Waals surface area contributed by atoms with Crippen molar-refractivity contribution in [1.82, 2.24) is 15.0 Å². The molecule has 176 valence electrons. The van der Waals surface area contributed by atoms with Crippen LogP contribution in [0.1, 0.15) is 25.0 Å². The van der Waals surface area contributed by atoms with Crippen molar-refractivity contribution < 1.29 is 0 Å². The predicted molar refractivity (Wildman–Crippen MR) is 151 cm³/mol. The van der Waals surface area contributed by atoms with Gasteiger partial charge in [-0.2, -0.15) is 0 Å². The third-order valence-electron chi connectivity index (χ3n) is 7.49. The Morgan fingerprint density at radius 1 is 0.568 bits per heavy atom. The van der Waals surface area contributed by atoms with Gasteiger partial charge in [-0.15, -0.1) is 0 Å². The molecule has 0 N–H and O–H groups in total. The van der Waals surface area contributed by atoms with Gasteiger partial charge in [0.15, 0.2) is 5.82 Å². The summed E-state index contributed by atoms with van der Waals surface area (Å²) >= 11 is 0. The highest BCUT2D eigenvalue weighted by Crippen LogP contribution is 2.52. The molecule has 3 nitrogen and oxygen atoms in total. The van der Waals surface area contributed by atoms with Gasteiger partial charge in [0.1, 0.15) is 0 Å². The molecule has 7 rings (SSSR count). The van der Waals surface area contributed by atoms with Gasteiger partial charge in [0.2, 0.25) is 0 Å². The fraction of sp³-hybridized carbons (Fsp3) is 0.0882. The molecule has 3 heteroatoms. The first kappa shape index (κ1) is 21.6. The zero-order valence-electron chi connectivity index (χ0n) is 20.8. The molecule has 0 saturated carbocycles. The number of benzene rings is 4. The number of aromatic nitrogens is 3. The molecule has 0 saturated heterocycles. The fourth-order valence-corrected chi connectivity index (χ4v) is 5.57. The zero-order valence-corrected chi connectivity index (χ0v) is 20.8. The van der Waals surface area contributed by atoms with Gasteiger partial charge < -0.3 is 0 Å². The smallest absolute Gasteiger partial charge is 0.160 e. The molecular formula is C34H25N3. The first-order valence-corrected chi connectivity index (χ1v) is 12.6. The Morgan fingerprint density at radius 3 is 1.97 bits per heavy atom. The van der Waals surface area contributed by atoms with Crippen molar-refractivity contribution in [3.63, 3.8) is 0 Å². The third kappa shape index (κ3) is 3.47. The summed E-state index contributed by atoms with van der Waals surface area (Å²) < 4.78 is 0. The first-order valence-electron chi connectivity index (χ1n) is 12.6. The molecule has 0 aliphatic heterocycles. The Balaban J connectivity index is 1.50. The topological polar surface area (TPSA) is 38.7 Å². The largest absolute Gasteiger partial charge is 0.256 e. The summed E-state index contributed by atoms with van der Waals surface area (Å²) in [5, 5.41) is 2.43. The van der Waals surface area contributed by atoms with Gasteiger partial charge in [-0.3, -0.25) is 4.98 Å². The van der Waals surface area contributed by atoms with Crippen LogP contribution in [0.2, 0.25) is 0 Å². The number of nitrogens with zero attached hydrogens (tertiary/aromatic N) is 3. The minimum atomic E-state index is -0.284. The van der Waals surface area contributed by atoms with Crippen molar-refractivity contribution in [3.8, 4) is 45.2 Å². The molecule has 0 atom stereocenters. The van der Waals surface area contributed by atoms with Gasteiger partial charge >= 0.3 is 0 Å². The van der Waals surface area contributed by atoms with Crippen LogP contribution in [0.3, 0.4) is 0 Å². The molecule has 6 aromatic rings. The highest BCUT2D eigenvalue weighted by molar-refractivity contribution is 5.91. The Bertz CT molecular complexity index is 1790. The lowest BCUT2D eigenvalue weighted by molar-refractivity contribution is 0.657. The second-order valence-corrected chi connectivity index (χ2v) is 10.2. The first-order chi connectivity index (χ1) is 18.1. The molecule has 0 radical (unpaired) electrons. The summed E-state index contributed by atoms with van der Waals surface area (Å²) in [7, 11) is 0. The molecule has 0 fully saturated rings.